The van der Waals surface area contributed by atoms with Gasteiger partial charge in [0.2, 0.25) is 0 Å². The molecule has 0 bridgehead atoms. The molecule has 1 aliphatic carbocycles. The third-order valence-corrected chi connectivity index (χ3v) is 4.83. The average molecular weight is 236 g/mol. The Bertz CT molecular complexity index is 350. The Morgan fingerprint density at radius 2 is 2.06 bits per heavy atom. The van der Waals surface area contributed by atoms with Crippen LogP contribution in [0, 0.1) is 29.1 Å². The lowest BCUT2D eigenvalue weighted by Crippen LogP contribution is -2.46. The molecule has 1 heterocycles. The zero-order valence-corrected chi connectivity index (χ0v) is 11.4. The Morgan fingerprint density at radius 3 is 2.71 bits per heavy atom. The van der Waals surface area contributed by atoms with Crippen molar-refractivity contribution >= 4 is 0 Å². The number of hydrogen-bond acceptors (Lipinski definition) is 2. The summed E-state index contributed by atoms with van der Waals surface area (Å²) in [6.45, 7) is 8.45. The first-order chi connectivity index (χ1) is 7.90. The normalized spacial score (nSPS) is 43.7. The third-order valence-electron chi connectivity index (χ3n) is 4.83. The van der Waals surface area contributed by atoms with E-state index in [1.165, 1.54) is 0 Å². The van der Waals surface area contributed by atoms with Gasteiger partial charge in [-0.2, -0.15) is 0 Å². The van der Waals surface area contributed by atoms with Crippen LogP contribution in [0.4, 0.5) is 0 Å². The fourth-order valence-electron chi connectivity index (χ4n) is 3.72. The lowest BCUT2D eigenvalue weighted by atomic mass is 9.71. The predicted octanol–water partition coefficient (Wildman–Crippen LogP) is 2.95. The monoisotopic (exact) mass is 236 g/mol. The van der Waals surface area contributed by atoms with E-state index >= 15 is 0 Å². The van der Waals surface area contributed by atoms with Gasteiger partial charge >= 0.3 is 0 Å². The summed E-state index contributed by atoms with van der Waals surface area (Å²) in [5, 5.41) is 10.7. The van der Waals surface area contributed by atoms with Crippen LogP contribution in [0.5, 0.6) is 0 Å². The van der Waals surface area contributed by atoms with Crippen LogP contribution in [0.2, 0.25) is 0 Å². The Labute approximate surface area is 105 Å². The van der Waals surface area contributed by atoms with E-state index < -0.39 is 5.79 Å². The molecule has 2 rings (SSSR count). The van der Waals surface area contributed by atoms with E-state index in [0.29, 0.717) is 5.92 Å². The standard InChI is InChI=1S/C15H24O2/c1-5-6-7-12-10-15(16)13(14(12,3)4)9-8-11(2)17-15/h11-13,16H,7-10H2,1-4H3. The van der Waals surface area contributed by atoms with E-state index in [4.69, 9.17) is 4.74 Å². The molecule has 1 aliphatic heterocycles. The summed E-state index contributed by atoms with van der Waals surface area (Å²) in [7, 11) is 0. The highest BCUT2D eigenvalue weighted by molar-refractivity contribution is 5.08. The van der Waals surface area contributed by atoms with Crippen LogP contribution in [0.3, 0.4) is 0 Å². The molecule has 0 spiro atoms. The summed E-state index contributed by atoms with van der Waals surface area (Å²) >= 11 is 0. The van der Waals surface area contributed by atoms with Gasteiger partial charge in [-0.05, 0) is 38.0 Å². The molecule has 2 aliphatic rings. The summed E-state index contributed by atoms with van der Waals surface area (Å²) in [5.74, 6) is 5.93. The van der Waals surface area contributed by atoms with Crippen molar-refractivity contribution in [3.05, 3.63) is 0 Å². The summed E-state index contributed by atoms with van der Waals surface area (Å²) in [6.07, 6.45) is 3.93. The zero-order chi connectivity index (χ0) is 12.7. The molecule has 2 fully saturated rings. The number of rotatable bonds is 1. The highest BCUT2D eigenvalue weighted by Crippen LogP contribution is 2.58. The van der Waals surface area contributed by atoms with E-state index in [0.717, 1.165) is 25.7 Å². The molecular formula is C15H24O2. The van der Waals surface area contributed by atoms with E-state index in [1.807, 2.05) is 6.92 Å². The fourth-order valence-corrected chi connectivity index (χ4v) is 3.72. The lowest BCUT2D eigenvalue weighted by Gasteiger charge is -2.42. The van der Waals surface area contributed by atoms with Crippen molar-refractivity contribution in [2.75, 3.05) is 0 Å². The maximum Gasteiger partial charge on any atom is 0.169 e. The first-order valence-corrected chi connectivity index (χ1v) is 6.70. The second kappa shape index (κ2) is 4.30. The van der Waals surface area contributed by atoms with Crippen molar-refractivity contribution in [1.82, 2.24) is 0 Å². The van der Waals surface area contributed by atoms with Crippen molar-refractivity contribution in [1.29, 1.82) is 0 Å². The van der Waals surface area contributed by atoms with Crippen molar-refractivity contribution in [3.8, 4) is 11.8 Å². The van der Waals surface area contributed by atoms with Crippen LogP contribution in [-0.4, -0.2) is 17.0 Å². The molecule has 1 saturated heterocycles. The molecule has 1 saturated carbocycles. The molecular weight excluding hydrogens is 212 g/mol. The van der Waals surface area contributed by atoms with Gasteiger partial charge in [-0.3, -0.25) is 0 Å². The quantitative estimate of drug-likeness (QED) is 0.709. The minimum Gasteiger partial charge on any atom is -0.365 e. The van der Waals surface area contributed by atoms with Crippen LogP contribution in [0.25, 0.3) is 0 Å². The minimum absolute atomic E-state index is 0.124. The van der Waals surface area contributed by atoms with Gasteiger partial charge < -0.3 is 9.84 Å². The molecule has 4 atom stereocenters. The fraction of sp³-hybridized carbons (Fsp3) is 0.867. The SMILES string of the molecule is CC#CCC1CC2(O)OC(C)CCC2C1(C)C. The second-order valence-electron chi connectivity index (χ2n) is 6.26. The van der Waals surface area contributed by atoms with Crippen LogP contribution >= 0.6 is 0 Å². The second-order valence-corrected chi connectivity index (χ2v) is 6.26. The van der Waals surface area contributed by atoms with Gasteiger partial charge in [0.15, 0.2) is 5.79 Å². The van der Waals surface area contributed by atoms with Crippen molar-refractivity contribution < 1.29 is 9.84 Å². The Hall–Kier alpha value is -0.520. The number of fused-ring (bicyclic) bond motifs is 1. The van der Waals surface area contributed by atoms with Gasteiger partial charge in [-0.1, -0.05) is 13.8 Å². The Kier molecular flexibility index (Phi) is 3.27. The summed E-state index contributed by atoms with van der Waals surface area (Å²) in [6, 6.07) is 0. The van der Waals surface area contributed by atoms with E-state index in [2.05, 4.69) is 32.6 Å². The average Bonchev–Trinajstić information content (AvgIpc) is 2.42. The number of hydrogen-bond donors (Lipinski definition) is 1. The Morgan fingerprint density at radius 1 is 1.35 bits per heavy atom. The summed E-state index contributed by atoms with van der Waals surface area (Å²) in [5.41, 5.74) is 0.124. The van der Waals surface area contributed by atoms with Crippen molar-refractivity contribution in [2.45, 2.75) is 65.3 Å². The molecule has 2 heteroatoms. The number of aliphatic hydroxyl groups is 1. The van der Waals surface area contributed by atoms with Gasteiger partial charge in [0.05, 0.1) is 6.10 Å². The number of ether oxygens (including phenoxy) is 1. The van der Waals surface area contributed by atoms with Gasteiger partial charge in [0, 0.05) is 18.8 Å². The summed E-state index contributed by atoms with van der Waals surface area (Å²) < 4.78 is 5.85. The first-order valence-electron chi connectivity index (χ1n) is 6.70. The van der Waals surface area contributed by atoms with Crippen LogP contribution in [0.15, 0.2) is 0 Å². The van der Waals surface area contributed by atoms with E-state index in [-0.39, 0.29) is 17.4 Å². The maximum atomic E-state index is 10.7. The molecule has 2 nitrogen and oxygen atoms in total. The van der Waals surface area contributed by atoms with Gasteiger partial charge in [0.25, 0.3) is 0 Å². The smallest absolute Gasteiger partial charge is 0.169 e. The molecule has 17 heavy (non-hydrogen) atoms. The Balaban J connectivity index is 2.21. The predicted molar refractivity (Wildman–Crippen MR) is 68.2 cm³/mol. The van der Waals surface area contributed by atoms with E-state index in [1.54, 1.807) is 0 Å². The highest BCUT2D eigenvalue weighted by Gasteiger charge is 2.59. The minimum atomic E-state index is -0.902. The highest BCUT2D eigenvalue weighted by atomic mass is 16.6. The molecule has 0 aromatic heterocycles. The largest absolute Gasteiger partial charge is 0.365 e. The molecule has 0 radical (unpaired) electrons. The van der Waals surface area contributed by atoms with Crippen LogP contribution < -0.4 is 0 Å². The molecule has 0 aromatic rings. The lowest BCUT2D eigenvalue weighted by molar-refractivity contribution is -0.276. The van der Waals surface area contributed by atoms with Crippen molar-refractivity contribution in [2.24, 2.45) is 17.3 Å². The van der Waals surface area contributed by atoms with Crippen LogP contribution in [0.1, 0.15) is 53.4 Å². The maximum absolute atomic E-state index is 10.7. The molecule has 0 amide bonds. The third kappa shape index (κ3) is 2.11. The van der Waals surface area contributed by atoms with Gasteiger partial charge in [0.1, 0.15) is 0 Å². The topological polar surface area (TPSA) is 29.5 Å². The first kappa shape index (κ1) is 12.9. The molecule has 0 aromatic carbocycles. The van der Waals surface area contributed by atoms with Crippen molar-refractivity contribution in [3.63, 3.8) is 0 Å². The molecule has 4 unspecified atom stereocenters. The molecule has 1 N–H and O–H groups in total. The van der Waals surface area contributed by atoms with Crippen LogP contribution in [-0.2, 0) is 4.74 Å². The van der Waals surface area contributed by atoms with Gasteiger partial charge in [-0.15, -0.1) is 11.8 Å². The van der Waals surface area contributed by atoms with E-state index in [9.17, 15) is 5.11 Å². The summed E-state index contributed by atoms with van der Waals surface area (Å²) in [4.78, 5) is 0. The zero-order valence-electron chi connectivity index (χ0n) is 11.4. The van der Waals surface area contributed by atoms with Gasteiger partial charge in [-0.25, -0.2) is 0 Å². The molecule has 96 valence electrons.